The molecule has 0 amide bonds. The van der Waals surface area contributed by atoms with E-state index in [2.05, 4.69) is 20.2 Å². The average Bonchev–Trinajstić information content (AvgIpc) is 4.08. The number of halogens is 7. The molecule has 0 atom stereocenters. The Morgan fingerprint density at radius 2 is 0.900 bits per heavy atom. The van der Waals surface area contributed by atoms with Crippen molar-refractivity contribution in [3.63, 3.8) is 0 Å². The zero-order valence-electron chi connectivity index (χ0n) is 30.8. The van der Waals surface area contributed by atoms with Gasteiger partial charge in [-0.15, -0.1) is 0 Å². The van der Waals surface area contributed by atoms with Crippen LogP contribution >= 0.6 is 0 Å². The molecular weight excluding hydrogens is 786 g/mol. The smallest absolute Gasteiger partial charge is 0.299 e. The highest BCUT2D eigenvalue weighted by Gasteiger charge is 2.30. The van der Waals surface area contributed by atoms with Crippen molar-refractivity contribution in [1.82, 2.24) is 38.7 Å². The fraction of sp³-hybridized carbons (Fsp3) is 0.0222. The van der Waals surface area contributed by atoms with Gasteiger partial charge in [-0.2, -0.15) is 23.4 Å². The van der Waals surface area contributed by atoms with E-state index >= 15 is 0 Å². The van der Waals surface area contributed by atoms with E-state index in [0.717, 1.165) is 46.2 Å². The fourth-order valence-corrected chi connectivity index (χ4v) is 6.84. The second-order valence-corrected chi connectivity index (χ2v) is 13.5. The molecule has 0 saturated heterocycles. The molecule has 0 radical (unpaired) electrons. The van der Waals surface area contributed by atoms with Crippen molar-refractivity contribution in [2.75, 3.05) is 0 Å². The van der Waals surface area contributed by atoms with E-state index in [9.17, 15) is 30.7 Å². The summed E-state index contributed by atoms with van der Waals surface area (Å²) >= 11 is 0. The number of fused-ring (bicyclic) bond motifs is 2. The first-order valence-electron chi connectivity index (χ1n) is 18.2. The number of alkyl halides is 3. The van der Waals surface area contributed by atoms with Crippen LogP contribution in [0.25, 0.3) is 67.3 Å². The lowest BCUT2D eigenvalue weighted by Crippen LogP contribution is -2.04. The Bertz CT molecular complexity index is 3120. The third-order valence-electron chi connectivity index (χ3n) is 9.76. The quantitative estimate of drug-likeness (QED) is 0.157. The van der Waals surface area contributed by atoms with Crippen molar-refractivity contribution in [3.8, 4) is 45.3 Å². The minimum atomic E-state index is -4.39. The summed E-state index contributed by atoms with van der Waals surface area (Å²) in [4.78, 5) is 8.67. The van der Waals surface area contributed by atoms with Gasteiger partial charge in [0.2, 0.25) is 0 Å². The van der Waals surface area contributed by atoms with Crippen molar-refractivity contribution in [2.45, 2.75) is 6.18 Å². The van der Waals surface area contributed by atoms with Gasteiger partial charge in [-0.1, -0.05) is 12.1 Å². The number of aromatic nitrogens is 8. The van der Waals surface area contributed by atoms with Crippen LogP contribution in [-0.4, -0.2) is 38.7 Å². The third-order valence-corrected chi connectivity index (χ3v) is 9.76. The third kappa shape index (κ3) is 7.28. The number of nitrogens with zero attached hydrogens (tertiary/aromatic N) is 8. The van der Waals surface area contributed by atoms with Gasteiger partial charge in [-0.25, -0.2) is 36.9 Å². The summed E-state index contributed by atoms with van der Waals surface area (Å²) in [6, 6.07) is 35.3. The Balaban J connectivity index is 0.000000154. The van der Waals surface area contributed by atoms with E-state index in [1.807, 2.05) is 48.5 Å². The molecule has 6 aromatic carbocycles. The monoisotopic (exact) mass is 812 g/mol. The number of hydrogen-bond donors (Lipinski definition) is 0. The van der Waals surface area contributed by atoms with Gasteiger partial charge in [-0.3, -0.25) is 9.13 Å². The van der Waals surface area contributed by atoms with Crippen molar-refractivity contribution in [2.24, 2.45) is 0 Å². The largest absolute Gasteiger partial charge is 0.416 e. The Hall–Kier alpha value is -7.81. The number of benzene rings is 6. The maximum absolute atomic E-state index is 14.3. The van der Waals surface area contributed by atoms with Gasteiger partial charge in [0, 0.05) is 22.9 Å². The average molecular weight is 813 g/mol. The molecule has 10 aromatic rings. The van der Waals surface area contributed by atoms with Gasteiger partial charge < -0.3 is 0 Å². The molecule has 10 rings (SSSR count). The molecule has 0 bridgehead atoms. The van der Waals surface area contributed by atoms with Crippen LogP contribution < -0.4 is 0 Å². The number of rotatable bonds is 6. The molecule has 0 unspecified atom stereocenters. The van der Waals surface area contributed by atoms with Crippen LogP contribution in [0.1, 0.15) is 5.56 Å². The predicted octanol–water partition coefficient (Wildman–Crippen LogP) is 11.3. The molecule has 4 aromatic heterocycles. The van der Waals surface area contributed by atoms with Crippen LogP contribution in [0.3, 0.4) is 0 Å². The second-order valence-electron chi connectivity index (χ2n) is 13.5. The van der Waals surface area contributed by atoms with Crippen molar-refractivity contribution < 1.29 is 30.7 Å². The van der Waals surface area contributed by atoms with E-state index < -0.39 is 23.4 Å². The molecule has 0 N–H and O–H groups in total. The van der Waals surface area contributed by atoms with Crippen LogP contribution in [0.5, 0.6) is 0 Å². The van der Waals surface area contributed by atoms with Crippen molar-refractivity contribution in [1.29, 1.82) is 0 Å². The first kappa shape index (κ1) is 37.7. The summed E-state index contributed by atoms with van der Waals surface area (Å²) in [5.74, 6) is -1.97. The maximum atomic E-state index is 14.3. The normalized spacial score (nSPS) is 11.6. The summed E-state index contributed by atoms with van der Waals surface area (Å²) < 4.78 is 99.5. The molecule has 0 aliphatic heterocycles. The maximum Gasteiger partial charge on any atom is 0.416 e. The second kappa shape index (κ2) is 15.2. The zero-order valence-corrected chi connectivity index (χ0v) is 30.8. The standard InChI is InChI=1S/C23H14F4N4.C22H13F3N4/c24-17-4-8-19(9-5-17)31-21(11-12-29-31)15-1-10-20-22(13-15)30(14-28-20)18-6-2-16(3-7-18)23(25,26)27;23-15-2-5-17(6-3-15)29-20(9-10-27-29)14-1-7-19-22(11-14)28(13-26-19)21-8-4-16(24)12-18(21)25/h1-14H;1-13H. The minimum Gasteiger partial charge on any atom is -0.299 e. The summed E-state index contributed by atoms with van der Waals surface area (Å²) in [7, 11) is 0. The molecule has 4 heterocycles. The van der Waals surface area contributed by atoms with E-state index in [4.69, 9.17) is 0 Å². The van der Waals surface area contributed by atoms with Gasteiger partial charge in [-0.05, 0) is 121 Å². The summed E-state index contributed by atoms with van der Waals surface area (Å²) in [6.07, 6.45) is 1.99. The molecule has 8 nitrogen and oxygen atoms in total. The van der Waals surface area contributed by atoms with Crippen LogP contribution in [0.4, 0.5) is 30.7 Å². The molecule has 0 aliphatic carbocycles. The van der Waals surface area contributed by atoms with E-state index in [1.54, 1.807) is 61.5 Å². The number of hydrogen-bond acceptors (Lipinski definition) is 4. The first-order chi connectivity index (χ1) is 29.0. The molecule has 296 valence electrons. The topological polar surface area (TPSA) is 71.3 Å². The lowest BCUT2D eigenvalue weighted by molar-refractivity contribution is -0.137. The van der Waals surface area contributed by atoms with E-state index in [-0.39, 0.29) is 17.3 Å². The van der Waals surface area contributed by atoms with Gasteiger partial charge in [0.15, 0.2) is 0 Å². The summed E-state index contributed by atoms with van der Waals surface area (Å²) in [5.41, 5.74) is 7.50. The summed E-state index contributed by atoms with van der Waals surface area (Å²) in [5, 5.41) is 8.67. The minimum absolute atomic E-state index is 0.207. The van der Waals surface area contributed by atoms with Crippen LogP contribution in [-0.2, 0) is 6.18 Å². The van der Waals surface area contributed by atoms with E-state index in [1.165, 1.54) is 54.9 Å². The van der Waals surface area contributed by atoms with Gasteiger partial charge in [0.1, 0.15) is 35.9 Å². The van der Waals surface area contributed by atoms with Crippen LogP contribution in [0.2, 0.25) is 0 Å². The van der Waals surface area contributed by atoms with Crippen LogP contribution in [0.15, 0.2) is 165 Å². The molecule has 15 heteroatoms. The predicted molar refractivity (Wildman–Crippen MR) is 212 cm³/mol. The lowest BCUT2D eigenvalue weighted by Gasteiger charge is -2.10. The lowest BCUT2D eigenvalue weighted by atomic mass is 10.1. The van der Waals surface area contributed by atoms with Gasteiger partial charge in [0.05, 0.1) is 68.5 Å². The van der Waals surface area contributed by atoms with Crippen LogP contribution in [0, 0.1) is 23.3 Å². The van der Waals surface area contributed by atoms with Crippen molar-refractivity contribution >= 4 is 22.1 Å². The number of imidazole rings is 2. The SMILES string of the molecule is Fc1ccc(-n2nccc2-c2ccc3ncn(-c4ccc(C(F)(F)F)cc4)c3c2)cc1.Fc1ccc(-n2nccc2-c2ccc3ncn(-c4ccc(F)cc4F)c3c2)cc1. The Morgan fingerprint density at radius 1 is 0.433 bits per heavy atom. The molecule has 0 aliphatic rings. The van der Waals surface area contributed by atoms with Gasteiger partial charge >= 0.3 is 6.18 Å². The molecular formula is C45H27F7N8. The van der Waals surface area contributed by atoms with Crippen molar-refractivity contribution in [3.05, 3.63) is 193 Å². The van der Waals surface area contributed by atoms with E-state index in [0.29, 0.717) is 33.6 Å². The zero-order chi connectivity index (χ0) is 41.5. The molecule has 0 fully saturated rings. The molecule has 0 saturated carbocycles. The Kier molecular flexibility index (Phi) is 9.55. The highest BCUT2D eigenvalue weighted by molar-refractivity contribution is 5.84. The fourth-order valence-electron chi connectivity index (χ4n) is 6.84. The summed E-state index contributed by atoms with van der Waals surface area (Å²) in [6.45, 7) is 0. The first-order valence-corrected chi connectivity index (χ1v) is 18.2. The highest BCUT2D eigenvalue weighted by atomic mass is 19.4. The highest BCUT2D eigenvalue weighted by Crippen LogP contribution is 2.32. The van der Waals surface area contributed by atoms with Gasteiger partial charge in [0.25, 0.3) is 0 Å². The molecule has 60 heavy (non-hydrogen) atoms. The Labute approximate surface area is 335 Å². The molecule has 0 spiro atoms. The Morgan fingerprint density at radius 3 is 1.40 bits per heavy atom.